The van der Waals surface area contributed by atoms with Crippen molar-refractivity contribution in [3.05, 3.63) is 64.0 Å². The van der Waals surface area contributed by atoms with Crippen molar-refractivity contribution in [2.45, 2.75) is 19.4 Å². The maximum absolute atomic E-state index is 13.5. The van der Waals surface area contributed by atoms with Gasteiger partial charge in [-0.15, -0.1) is 0 Å². The predicted octanol–water partition coefficient (Wildman–Crippen LogP) is 3.93. The third-order valence-electron chi connectivity index (χ3n) is 5.21. The highest BCUT2D eigenvalue weighted by Crippen LogP contribution is 2.37. The lowest BCUT2D eigenvalue weighted by Crippen LogP contribution is -2.39. The van der Waals surface area contributed by atoms with Crippen molar-refractivity contribution in [2.24, 2.45) is 5.16 Å². The standard InChI is InChI=1S/C20H20BrFN6O4S/c1-2-33(30,31)28-10-9-16(13-5-3-4-6-17(13)28)24-20-18(26-32-27-20)19(25-29)23-12-7-8-15(22)14(21)11-12/h3-8,11,16,29H,2,9-10H2,1H3,(H,23,25)(H,24,27). The number of rotatable bonds is 6. The minimum Gasteiger partial charge on any atom is -0.409 e. The SMILES string of the molecule is CCS(=O)(=O)N1CCC(Nc2nonc2/C(=N/O)Nc2ccc(F)c(Br)c2)c2ccccc21. The molecule has 2 aromatic carbocycles. The normalized spacial score (nSPS) is 16.4. The number of anilines is 3. The Morgan fingerprint density at radius 1 is 1.33 bits per heavy atom. The summed E-state index contributed by atoms with van der Waals surface area (Å²) in [6.07, 6.45) is 0.465. The van der Waals surface area contributed by atoms with E-state index in [2.05, 4.69) is 42.0 Å². The second kappa shape index (κ2) is 9.35. The van der Waals surface area contributed by atoms with Crippen molar-refractivity contribution >= 4 is 49.0 Å². The third kappa shape index (κ3) is 4.64. The Morgan fingerprint density at radius 3 is 2.85 bits per heavy atom. The summed E-state index contributed by atoms with van der Waals surface area (Å²) in [5, 5.41) is 26.5. The maximum atomic E-state index is 13.5. The fourth-order valence-electron chi connectivity index (χ4n) is 3.57. The Kier molecular flexibility index (Phi) is 6.51. The van der Waals surface area contributed by atoms with Crippen molar-refractivity contribution < 1.29 is 22.6 Å². The van der Waals surface area contributed by atoms with Gasteiger partial charge in [0.15, 0.2) is 5.69 Å². The van der Waals surface area contributed by atoms with E-state index in [-0.39, 0.29) is 40.2 Å². The smallest absolute Gasteiger partial charge is 0.234 e. The first-order valence-corrected chi connectivity index (χ1v) is 12.4. The van der Waals surface area contributed by atoms with Gasteiger partial charge in [0.05, 0.1) is 22.0 Å². The zero-order chi connectivity index (χ0) is 23.6. The molecule has 3 aromatic rings. The number of amidine groups is 1. The fraction of sp³-hybridized carbons (Fsp3) is 0.250. The van der Waals surface area contributed by atoms with E-state index < -0.39 is 15.8 Å². The number of sulfonamides is 1. The molecule has 1 aliphatic rings. The molecule has 0 fully saturated rings. The first-order chi connectivity index (χ1) is 15.8. The molecule has 1 unspecified atom stereocenters. The Hall–Kier alpha value is -3.19. The number of hydrogen-bond acceptors (Lipinski definition) is 8. The van der Waals surface area contributed by atoms with Crippen LogP contribution in [0.3, 0.4) is 0 Å². The number of benzene rings is 2. The number of oxime groups is 1. The minimum atomic E-state index is -3.42. The van der Waals surface area contributed by atoms with Gasteiger partial charge in [0.2, 0.25) is 21.7 Å². The quantitative estimate of drug-likeness (QED) is 0.186. The van der Waals surface area contributed by atoms with E-state index in [9.17, 15) is 18.0 Å². The van der Waals surface area contributed by atoms with E-state index in [0.29, 0.717) is 17.8 Å². The minimum absolute atomic E-state index is 0.00171. The number of halogens is 2. The van der Waals surface area contributed by atoms with Crippen LogP contribution in [0.5, 0.6) is 0 Å². The van der Waals surface area contributed by atoms with E-state index in [4.69, 9.17) is 4.63 Å². The molecule has 1 atom stereocenters. The average Bonchev–Trinajstić information content (AvgIpc) is 3.27. The summed E-state index contributed by atoms with van der Waals surface area (Å²) in [4.78, 5) is 0. The zero-order valence-corrected chi connectivity index (χ0v) is 19.8. The van der Waals surface area contributed by atoms with E-state index >= 15 is 0 Å². The molecule has 33 heavy (non-hydrogen) atoms. The highest BCUT2D eigenvalue weighted by molar-refractivity contribution is 9.10. The number of fused-ring (bicyclic) bond motifs is 1. The van der Waals surface area contributed by atoms with Crippen LogP contribution in [0.15, 0.2) is 56.7 Å². The summed E-state index contributed by atoms with van der Waals surface area (Å²) in [5.41, 5.74) is 1.89. The Labute approximate surface area is 197 Å². The van der Waals surface area contributed by atoms with Gasteiger partial charge in [0, 0.05) is 12.2 Å². The summed E-state index contributed by atoms with van der Waals surface area (Å²) in [6, 6.07) is 11.1. The molecule has 0 amide bonds. The van der Waals surface area contributed by atoms with Crippen LogP contribution in [0.25, 0.3) is 0 Å². The highest BCUT2D eigenvalue weighted by Gasteiger charge is 2.32. The van der Waals surface area contributed by atoms with Crippen LogP contribution in [-0.2, 0) is 10.0 Å². The van der Waals surface area contributed by atoms with E-state index in [1.165, 1.54) is 22.5 Å². The van der Waals surface area contributed by atoms with E-state index in [1.807, 2.05) is 12.1 Å². The molecule has 0 saturated carbocycles. The van der Waals surface area contributed by atoms with Crippen LogP contribution < -0.4 is 14.9 Å². The monoisotopic (exact) mass is 538 g/mol. The van der Waals surface area contributed by atoms with Crippen LogP contribution >= 0.6 is 15.9 Å². The first kappa shape index (κ1) is 23.0. The van der Waals surface area contributed by atoms with Crippen molar-refractivity contribution in [2.75, 3.05) is 27.2 Å². The van der Waals surface area contributed by atoms with Gasteiger partial charge in [-0.1, -0.05) is 23.4 Å². The number of hydrogen-bond donors (Lipinski definition) is 3. The Bertz CT molecular complexity index is 1300. The van der Waals surface area contributed by atoms with Gasteiger partial charge in [0.1, 0.15) is 5.82 Å². The summed E-state index contributed by atoms with van der Waals surface area (Å²) in [7, 11) is -3.42. The number of nitrogens with zero attached hydrogens (tertiary/aromatic N) is 4. The Morgan fingerprint density at radius 2 is 2.12 bits per heavy atom. The Balaban J connectivity index is 1.60. The molecule has 10 nitrogen and oxygen atoms in total. The van der Waals surface area contributed by atoms with Gasteiger partial charge in [-0.25, -0.2) is 17.4 Å². The number of aromatic nitrogens is 2. The molecule has 0 saturated heterocycles. The van der Waals surface area contributed by atoms with Crippen molar-refractivity contribution in [1.82, 2.24) is 10.3 Å². The molecule has 0 spiro atoms. The van der Waals surface area contributed by atoms with Crippen molar-refractivity contribution in [3.8, 4) is 0 Å². The molecule has 0 radical (unpaired) electrons. The van der Waals surface area contributed by atoms with Gasteiger partial charge in [-0.3, -0.25) is 4.31 Å². The molecule has 3 N–H and O–H groups in total. The molecule has 2 heterocycles. The molecule has 1 aliphatic heterocycles. The van der Waals surface area contributed by atoms with Crippen LogP contribution in [-0.4, -0.2) is 42.1 Å². The lowest BCUT2D eigenvalue weighted by Gasteiger charge is -2.35. The number of para-hydroxylation sites is 1. The van der Waals surface area contributed by atoms with Crippen LogP contribution in [0.2, 0.25) is 0 Å². The predicted molar refractivity (Wildman–Crippen MR) is 125 cm³/mol. The van der Waals surface area contributed by atoms with E-state index in [0.717, 1.165) is 5.56 Å². The third-order valence-corrected chi connectivity index (χ3v) is 7.60. The van der Waals surface area contributed by atoms with Gasteiger partial charge < -0.3 is 15.8 Å². The second-order valence-corrected chi connectivity index (χ2v) is 10.2. The molecule has 1 aromatic heterocycles. The number of nitrogens with one attached hydrogen (secondary N) is 2. The molecular weight excluding hydrogens is 519 g/mol. The van der Waals surface area contributed by atoms with Crippen molar-refractivity contribution in [1.29, 1.82) is 0 Å². The van der Waals surface area contributed by atoms with Crippen LogP contribution in [0.4, 0.5) is 21.6 Å². The molecule has 13 heteroatoms. The maximum Gasteiger partial charge on any atom is 0.234 e. The highest BCUT2D eigenvalue weighted by atomic mass is 79.9. The lowest BCUT2D eigenvalue weighted by atomic mass is 9.98. The largest absolute Gasteiger partial charge is 0.409 e. The molecule has 0 bridgehead atoms. The van der Waals surface area contributed by atoms with Gasteiger partial charge in [0.25, 0.3) is 0 Å². The van der Waals surface area contributed by atoms with E-state index in [1.54, 1.807) is 19.1 Å². The lowest BCUT2D eigenvalue weighted by molar-refractivity contribution is 0.304. The summed E-state index contributed by atoms with van der Waals surface area (Å²) in [5.74, 6) is -0.318. The fourth-order valence-corrected chi connectivity index (χ4v) is 5.11. The molecule has 174 valence electrons. The molecular formula is C20H20BrFN6O4S. The molecule has 4 rings (SSSR count). The zero-order valence-electron chi connectivity index (χ0n) is 17.4. The topological polar surface area (TPSA) is 133 Å². The average molecular weight is 539 g/mol. The van der Waals surface area contributed by atoms with Gasteiger partial charge in [-0.05, 0) is 69.4 Å². The summed E-state index contributed by atoms with van der Waals surface area (Å²) < 4.78 is 45.1. The van der Waals surface area contributed by atoms with Gasteiger partial charge in [-0.2, -0.15) is 0 Å². The van der Waals surface area contributed by atoms with Gasteiger partial charge >= 0.3 is 0 Å². The summed E-state index contributed by atoms with van der Waals surface area (Å²) >= 11 is 3.10. The molecule has 0 aliphatic carbocycles. The second-order valence-electron chi connectivity index (χ2n) is 7.18. The van der Waals surface area contributed by atoms with Crippen LogP contribution in [0.1, 0.15) is 30.6 Å². The van der Waals surface area contributed by atoms with Crippen molar-refractivity contribution in [3.63, 3.8) is 0 Å². The van der Waals surface area contributed by atoms with Crippen LogP contribution in [0, 0.1) is 5.82 Å². The summed E-state index contributed by atoms with van der Waals surface area (Å²) in [6.45, 7) is 1.90. The first-order valence-electron chi connectivity index (χ1n) is 9.97.